The molecule has 1 heterocycles. The molecule has 0 aromatic heterocycles. The lowest BCUT2D eigenvalue weighted by Gasteiger charge is -2.15. The lowest BCUT2D eigenvalue weighted by Crippen LogP contribution is -2.31. The van der Waals surface area contributed by atoms with Gasteiger partial charge in [-0.25, -0.2) is 0 Å². The summed E-state index contributed by atoms with van der Waals surface area (Å²) in [5.74, 6) is -0.666. The third kappa shape index (κ3) is 4.09. The van der Waals surface area contributed by atoms with Gasteiger partial charge in [0, 0.05) is 20.2 Å². The fourth-order valence-electron chi connectivity index (χ4n) is 1.46. The smallest absolute Gasteiger partial charge is 0.313 e. The average Bonchev–Trinajstić information content (AvgIpc) is 2.65. The quantitative estimate of drug-likeness (QED) is 0.727. The Labute approximate surface area is 92.8 Å². The van der Waals surface area contributed by atoms with Crippen LogP contribution in [0.15, 0.2) is 0 Å². The van der Waals surface area contributed by atoms with Crippen LogP contribution in [0.3, 0.4) is 0 Å². The maximum Gasteiger partial charge on any atom is 0.313 e. The standard InChI is InChI=1S/C9H15NO4S/c1-14-7-2-3-10(4-7)8(11)5-15-6-9(12)13/h7H,2-6H2,1H3,(H,12,13). The second kappa shape index (κ2) is 5.97. The first-order valence-electron chi connectivity index (χ1n) is 4.73. The van der Waals surface area contributed by atoms with Crippen molar-refractivity contribution in [3.8, 4) is 0 Å². The van der Waals surface area contributed by atoms with Crippen molar-refractivity contribution >= 4 is 23.6 Å². The third-order valence-corrected chi connectivity index (χ3v) is 3.18. The van der Waals surface area contributed by atoms with Crippen molar-refractivity contribution in [2.75, 3.05) is 31.7 Å². The van der Waals surface area contributed by atoms with Crippen LogP contribution in [0, 0.1) is 0 Å². The van der Waals surface area contributed by atoms with E-state index in [4.69, 9.17) is 9.84 Å². The van der Waals surface area contributed by atoms with Gasteiger partial charge in [0.2, 0.25) is 5.91 Å². The topological polar surface area (TPSA) is 66.8 Å². The number of hydrogen-bond donors (Lipinski definition) is 1. The second-order valence-electron chi connectivity index (χ2n) is 3.37. The van der Waals surface area contributed by atoms with Crippen LogP contribution in [0.5, 0.6) is 0 Å². The number of carboxylic acids is 1. The Morgan fingerprint density at radius 3 is 2.80 bits per heavy atom. The molecule has 0 spiro atoms. The number of nitrogens with zero attached hydrogens (tertiary/aromatic N) is 1. The van der Waals surface area contributed by atoms with Crippen LogP contribution in [0.2, 0.25) is 0 Å². The number of hydrogen-bond acceptors (Lipinski definition) is 4. The first-order valence-corrected chi connectivity index (χ1v) is 5.89. The summed E-state index contributed by atoms with van der Waals surface area (Å²) < 4.78 is 5.14. The molecule has 0 radical (unpaired) electrons. The number of amides is 1. The van der Waals surface area contributed by atoms with Gasteiger partial charge in [-0.3, -0.25) is 9.59 Å². The van der Waals surface area contributed by atoms with Crippen LogP contribution in [-0.4, -0.2) is 59.7 Å². The van der Waals surface area contributed by atoms with E-state index >= 15 is 0 Å². The van der Waals surface area contributed by atoms with E-state index in [1.54, 1.807) is 12.0 Å². The molecule has 0 aromatic rings. The zero-order valence-electron chi connectivity index (χ0n) is 8.64. The Balaban J connectivity index is 2.20. The molecule has 1 unspecified atom stereocenters. The number of carboxylic acid groups (broad SMARTS) is 1. The number of thioether (sulfide) groups is 1. The summed E-state index contributed by atoms with van der Waals surface area (Å²) in [5.41, 5.74) is 0. The molecule has 1 atom stereocenters. The van der Waals surface area contributed by atoms with E-state index < -0.39 is 5.97 Å². The van der Waals surface area contributed by atoms with Crippen LogP contribution in [0.4, 0.5) is 0 Å². The maximum absolute atomic E-state index is 11.5. The van der Waals surface area contributed by atoms with Crippen LogP contribution >= 0.6 is 11.8 Å². The van der Waals surface area contributed by atoms with Crippen molar-refractivity contribution in [1.82, 2.24) is 4.90 Å². The highest BCUT2D eigenvalue weighted by Gasteiger charge is 2.25. The summed E-state index contributed by atoms with van der Waals surface area (Å²) in [7, 11) is 1.64. The molecule has 1 amide bonds. The molecule has 1 fully saturated rings. The Kier molecular flexibility index (Phi) is 4.90. The molecule has 86 valence electrons. The minimum absolute atomic E-state index is 0.000741. The molecular formula is C9H15NO4S. The number of rotatable bonds is 5. The summed E-state index contributed by atoms with van der Waals surface area (Å²) >= 11 is 1.13. The highest BCUT2D eigenvalue weighted by Crippen LogP contribution is 2.13. The van der Waals surface area contributed by atoms with E-state index in [1.165, 1.54) is 0 Å². The Morgan fingerprint density at radius 1 is 1.53 bits per heavy atom. The SMILES string of the molecule is COC1CCN(C(=O)CSCC(=O)O)C1. The zero-order valence-corrected chi connectivity index (χ0v) is 9.46. The van der Waals surface area contributed by atoms with Gasteiger partial charge >= 0.3 is 5.97 Å². The average molecular weight is 233 g/mol. The van der Waals surface area contributed by atoms with Crippen molar-refractivity contribution < 1.29 is 19.4 Å². The Bertz CT molecular complexity index is 246. The number of methoxy groups -OCH3 is 1. The molecule has 1 saturated heterocycles. The molecule has 0 saturated carbocycles. The van der Waals surface area contributed by atoms with Gasteiger partial charge in [0.05, 0.1) is 17.6 Å². The minimum Gasteiger partial charge on any atom is -0.481 e. The third-order valence-electron chi connectivity index (χ3n) is 2.28. The molecule has 6 heteroatoms. The van der Waals surface area contributed by atoms with Gasteiger partial charge in [0.15, 0.2) is 0 Å². The summed E-state index contributed by atoms with van der Waals surface area (Å²) in [5, 5.41) is 8.41. The zero-order chi connectivity index (χ0) is 11.3. The molecule has 15 heavy (non-hydrogen) atoms. The highest BCUT2D eigenvalue weighted by molar-refractivity contribution is 8.00. The van der Waals surface area contributed by atoms with Crippen molar-refractivity contribution in [3.05, 3.63) is 0 Å². The monoisotopic (exact) mass is 233 g/mol. The van der Waals surface area contributed by atoms with Gasteiger partial charge in [-0.15, -0.1) is 11.8 Å². The fourth-order valence-corrected chi connectivity index (χ4v) is 2.10. The van der Waals surface area contributed by atoms with E-state index in [1.807, 2.05) is 0 Å². The van der Waals surface area contributed by atoms with Gasteiger partial charge in [0.1, 0.15) is 0 Å². The van der Waals surface area contributed by atoms with Crippen LogP contribution in [-0.2, 0) is 14.3 Å². The molecule has 5 nitrogen and oxygen atoms in total. The number of ether oxygens (including phenoxy) is 1. The lowest BCUT2D eigenvalue weighted by molar-refractivity contribution is -0.133. The second-order valence-corrected chi connectivity index (χ2v) is 4.36. The number of aliphatic carboxylic acids is 1. The number of carbonyl (C=O) groups is 2. The molecule has 1 N–H and O–H groups in total. The van der Waals surface area contributed by atoms with E-state index in [9.17, 15) is 9.59 Å². The molecule has 1 rings (SSSR count). The lowest BCUT2D eigenvalue weighted by atomic mass is 10.3. The fraction of sp³-hybridized carbons (Fsp3) is 0.778. The van der Waals surface area contributed by atoms with E-state index in [2.05, 4.69) is 0 Å². The van der Waals surface area contributed by atoms with Crippen LogP contribution in [0.25, 0.3) is 0 Å². The predicted molar refractivity (Wildman–Crippen MR) is 57.0 cm³/mol. The summed E-state index contributed by atoms with van der Waals surface area (Å²) in [6.07, 6.45) is 1.00. The first-order chi connectivity index (χ1) is 7.13. The molecule has 1 aliphatic heterocycles. The van der Waals surface area contributed by atoms with Gasteiger partial charge in [-0.2, -0.15) is 0 Å². The van der Waals surface area contributed by atoms with Crippen molar-refractivity contribution in [1.29, 1.82) is 0 Å². The summed E-state index contributed by atoms with van der Waals surface area (Å²) in [4.78, 5) is 23.5. The molecule has 0 aromatic carbocycles. The van der Waals surface area contributed by atoms with Gasteiger partial charge in [-0.1, -0.05) is 0 Å². The minimum atomic E-state index is -0.885. The van der Waals surface area contributed by atoms with Crippen LogP contribution < -0.4 is 0 Å². The van der Waals surface area contributed by atoms with E-state index in [-0.39, 0.29) is 23.5 Å². The molecule has 0 bridgehead atoms. The van der Waals surface area contributed by atoms with Crippen LogP contribution in [0.1, 0.15) is 6.42 Å². The maximum atomic E-state index is 11.5. The van der Waals surface area contributed by atoms with Gasteiger partial charge < -0.3 is 14.7 Å². The summed E-state index contributed by atoms with van der Waals surface area (Å²) in [6.45, 7) is 1.34. The number of carbonyl (C=O) groups excluding carboxylic acids is 1. The predicted octanol–water partition coefficient (Wildman–Crippen LogP) is 0.0515. The normalized spacial score (nSPS) is 20.6. The van der Waals surface area contributed by atoms with Gasteiger partial charge in [-0.05, 0) is 6.42 Å². The summed E-state index contributed by atoms with van der Waals surface area (Å²) in [6, 6.07) is 0. The highest BCUT2D eigenvalue weighted by atomic mass is 32.2. The van der Waals surface area contributed by atoms with E-state index in [0.717, 1.165) is 18.2 Å². The number of likely N-dealkylation sites (tertiary alicyclic amines) is 1. The van der Waals surface area contributed by atoms with Crippen molar-refractivity contribution in [2.24, 2.45) is 0 Å². The van der Waals surface area contributed by atoms with Crippen molar-refractivity contribution in [3.63, 3.8) is 0 Å². The Hall–Kier alpha value is -0.750. The Morgan fingerprint density at radius 2 is 2.27 bits per heavy atom. The van der Waals surface area contributed by atoms with E-state index in [0.29, 0.717) is 13.1 Å². The molecular weight excluding hydrogens is 218 g/mol. The molecule has 1 aliphatic rings. The molecule has 0 aliphatic carbocycles. The first kappa shape index (κ1) is 12.3. The largest absolute Gasteiger partial charge is 0.481 e. The van der Waals surface area contributed by atoms with Crippen molar-refractivity contribution in [2.45, 2.75) is 12.5 Å². The van der Waals surface area contributed by atoms with Gasteiger partial charge in [0.25, 0.3) is 0 Å².